The van der Waals surface area contributed by atoms with E-state index in [2.05, 4.69) is 5.32 Å². The van der Waals surface area contributed by atoms with Gasteiger partial charge in [-0.2, -0.15) is 0 Å². The van der Waals surface area contributed by atoms with E-state index in [9.17, 15) is 19.2 Å². The van der Waals surface area contributed by atoms with Gasteiger partial charge in [-0.25, -0.2) is 0 Å². The molecule has 0 saturated heterocycles. The number of esters is 1. The Morgan fingerprint density at radius 1 is 1.06 bits per heavy atom. The first kappa shape index (κ1) is 24.0. The average Bonchev–Trinajstić information content (AvgIpc) is 2.76. The maximum Gasteiger partial charge on any atom is 0.306 e. The minimum Gasteiger partial charge on any atom is -0.482 e. The van der Waals surface area contributed by atoms with Crippen molar-refractivity contribution >= 4 is 34.9 Å². The Kier molecular flexibility index (Phi) is 7.48. The van der Waals surface area contributed by atoms with Gasteiger partial charge in [-0.15, -0.1) is 0 Å². The van der Waals surface area contributed by atoms with Crippen LogP contribution in [0.25, 0.3) is 0 Å². The Bertz CT molecular complexity index is 1090. The topological polar surface area (TPSA) is 102 Å². The number of rotatable bonds is 8. The van der Waals surface area contributed by atoms with E-state index in [1.54, 1.807) is 19.1 Å². The Labute approximate surface area is 192 Å². The van der Waals surface area contributed by atoms with Crippen molar-refractivity contribution in [1.29, 1.82) is 0 Å². The van der Waals surface area contributed by atoms with Crippen molar-refractivity contribution < 1.29 is 28.7 Å². The number of ketones is 1. The molecule has 0 atom stereocenters. The lowest BCUT2D eigenvalue weighted by Crippen LogP contribution is -2.43. The van der Waals surface area contributed by atoms with Crippen LogP contribution in [-0.4, -0.2) is 43.3 Å². The molecule has 2 amide bonds. The van der Waals surface area contributed by atoms with Gasteiger partial charge in [0.25, 0.3) is 5.91 Å². The van der Waals surface area contributed by atoms with Crippen LogP contribution in [0.2, 0.25) is 0 Å². The normalized spacial score (nSPS) is 12.6. The molecule has 0 fully saturated rings. The Balaban J connectivity index is 1.77. The number of amides is 2. The molecule has 0 spiro atoms. The lowest BCUT2D eigenvalue weighted by Gasteiger charge is -2.29. The second-order valence-corrected chi connectivity index (χ2v) is 8.00. The van der Waals surface area contributed by atoms with Crippen LogP contribution in [-0.2, 0) is 19.1 Å². The molecule has 0 unspecified atom stereocenters. The molecule has 8 nitrogen and oxygen atoms in total. The summed E-state index contributed by atoms with van der Waals surface area (Å²) in [6.45, 7) is 7.36. The van der Waals surface area contributed by atoms with Gasteiger partial charge in [0.1, 0.15) is 12.3 Å². The summed E-state index contributed by atoms with van der Waals surface area (Å²) in [6.07, 6.45) is -0.0422. The number of aryl methyl sites for hydroxylation is 3. The van der Waals surface area contributed by atoms with Gasteiger partial charge in [0.05, 0.1) is 18.7 Å². The Hall–Kier alpha value is -3.68. The first-order valence-corrected chi connectivity index (χ1v) is 10.8. The van der Waals surface area contributed by atoms with Crippen LogP contribution < -0.4 is 15.0 Å². The van der Waals surface area contributed by atoms with E-state index in [-0.39, 0.29) is 50.2 Å². The summed E-state index contributed by atoms with van der Waals surface area (Å²) in [5, 5.41) is 2.89. The number of anilines is 2. The van der Waals surface area contributed by atoms with E-state index in [0.29, 0.717) is 17.0 Å². The van der Waals surface area contributed by atoms with Crippen LogP contribution in [0.1, 0.15) is 46.8 Å². The first-order chi connectivity index (χ1) is 15.7. The molecule has 174 valence electrons. The first-order valence-electron chi connectivity index (χ1n) is 10.8. The number of carbonyl (C=O) groups excluding carboxylic acids is 4. The highest BCUT2D eigenvalue weighted by molar-refractivity contribution is 6.07. The van der Waals surface area contributed by atoms with E-state index in [0.717, 1.165) is 22.4 Å². The molecular weight excluding hydrogens is 424 g/mol. The van der Waals surface area contributed by atoms with Crippen molar-refractivity contribution in [3.63, 3.8) is 0 Å². The number of fused-ring (bicyclic) bond motifs is 1. The summed E-state index contributed by atoms with van der Waals surface area (Å²) < 4.78 is 10.3. The molecule has 0 aliphatic carbocycles. The third-order valence-electron chi connectivity index (χ3n) is 5.33. The lowest BCUT2D eigenvalue weighted by atomic mass is 10.0. The smallest absolute Gasteiger partial charge is 0.306 e. The molecule has 1 aliphatic rings. The molecule has 3 rings (SSSR count). The highest BCUT2D eigenvalue weighted by Crippen LogP contribution is 2.33. The van der Waals surface area contributed by atoms with E-state index in [1.165, 1.54) is 11.0 Å². The quantitative estimate of drug-likeness (QED) is 0.486. The molecule has 2 aromatic rings. The number of Topliss-reactive ketones (excluding diaryl/α,β-unsaturated/α-hetero) is 1. The Morgan fingerprint density at radius 3 is 2.42 bits per heavy atom. The van der Waals surface area contributed by atoms with Gasteiger partial charge >= 0.3 is 5.97 Å². The van der Waals surface area contributed by atoms with Gasteiger partial charge in [-0.1, -0.05) is 17.7 Å². The largest absolute Gasteiger partial charge is 0.482 e. The van der Waals surface area contributed by atoms with Gasteiger partial charge in [-0.3, -0.25) is 24.1 Å². The fourth-order valence-electron chi connectivity index (χ4n) is 3.84. The van der Waals surface area contributed by atoms with Crippen LogP contribution >= 0.6 is 0 Å². The number of benzene rings is 2. The Morgan fingerprint density at radius 2 is 1.76 bits per heavy atom. The van der Waals surface area contributed by atoms with Crippen molar-refractivity contribution in [3.8, 4) is 5.75 Å². The number of carbonyl (C=O) groups is 4. The summed E-state index contributed by atoms with van der Waals surface area (Å²) in [5.41, 5.74) is 4.36. The molecule has 1 N–H and O–H groups in total. The number of ether oxygens (including phenoxy) is 2. The summed E-state index contributed by atoms with van der Waals surface area (Å²) in [6, 6.07) is 8.66. The van der Waals surface area contributed by atoms with Crippen molar-refractivity contribution in [2.75, 3.05) is 30.0 Å². The van der Waals surface area contributed by atoms with Gasteiger partial charge in [0.15, 0.2) is 12.4 Å². The second-order valence-electron chi connectivity index (χ2n) is 8.00. The van der Waals surface area contributed by atoms with Gasteiger partial charge in [0, 0.05) is 17.7 Å². The third kappa shape index (κ3) is 5.77. The van der Waals surface area contributed by atoms with Crippen LogP contribution in [0.5, 0.6) is 5.75 Å². The van der Waals surface area contributed by atoms with E-state index in [1.807, 2.05) is 32.9 Å². The fourth-order valence-corrected chi connectivity index (χ4v) is 3.84. The van der Waals surface area contributed by atoms with Gasteiger partial charge in [0.2, 0.25) is 5.91 Å². The summed E-state index contributed by atoms with van der Waals surface area (Å²) >= 11 is 0. The highest BCUT2D eigenvalue weighted by Gasteiger charge is 2.28. The van der Waals surface area contributed by atoms with E-state index < -0.39 is 5.97 Å². The molecule has 1 aliphatic heterocycles. The van der Waals surface area contributed by atoms with Crippen LogP contribution in [0, 0.1) is 20.8 Å². The van der Waals surface area contributed by atoms with Crippen molar-refractivity contribution in [1.82, 2.24) is 0 Å². The number of hydrogen-bond acceptors (Lipinski definition) is 6. The van der Waals surface area contributed by atoms with Crippen LogP contribution in [0.4, 0.5) is 11.4 Å². The second kappa shape index (κ2) is 10.3. The van der Waals surface area contributed by atoms with Crippen molar-refractivity contribution in [3.05, 3.63) is 52.6 Å². The summed E-state index contributed by atoms with van der Waals surface area (Å²) in [4.78, 5) is 50.8. The molecule has 0 radical (unpaired) electrons. The van der Waals surface area contributed by atoms with Gasteiger partial charge < -0.3 is 14.8 Å². The SMILES string of the molecule is CCOC(=O)CCC(=O)c1ccc2c(c1)N(CC(=O)Nc1c(C)cc(C)cc1C)C(=O)CO2. The van der Waals surface area contributed by atoms with E-state index in [4.69, 9.17) is 9.47 Å². The number of nitrogens with one attached hydrogen (secondary N) is 1. The lowest BCUT2D eigenvalue weighted by molar-refractivity contribution is -0.143. The zero-order chi connectivity index (χ0) is 24.1. The highest BCUT2D eigenvalue weighted by atomic mass is 16.5. The minimum absolute atomic E-state index is 0.0150. The number of hydrogen-bond donors (Lipinski definition) is 1. The van der Waals surface area contributed by atoms with E-state index >= 15 is 0 Å². The van der Waals surface area contributed by atoms with Gasteiger partial charge in [-0.05, 0) is 57.0 Å². The third-order valence-corrected chi connectivity index (χ3v) is 5.33. The molecule has 2 aromatic carbocycles. The molecule has 8 heteroatoms. The van der Waals surface area contributed by atoms with Crippen LogP contribution in [0.15, 0.2) is 30.3 Å². The molecule has 0 bridgehead atoms. The zero-order valence-electron chi connectivity index (χ0n) is 19.3. The predicted molar refractivity (Wildman–Crippen MR) is 124 cm³/mol. The molecule has 33 heavy (non-hydrogen) atoms. The standard InChI is InChI=1S/C25H28N2O6/c1-5-32-24(31)9-7-20(28)18-6-8-21-19(12-18)27(23(30)14-33-21)13-22(29)26-25-16(3)10-15(2)11-17(25)4/h6,8,10-12H,5,7,9,13-14H2,1-4H3,(H,26,29). The number of nitrogens with zero attached hydrogens (tertiary/aromatic N) is 1. The summed E-state index contributed by atoms with van der Waals surface area (Å²) in [5.74, 6) is -1.04. The monoisotopic (exact) mass is 452 g/mol. The summed E-state index contributed by atoms with van der Waals surface area (Å²) in [7, 11) is 0. The minimum atomic E-state index is -0.442. The molecule has 0 saturated carbocycles. The maximum atomic E-state index is 12.8. The maximum absolute atomic E-state index is 12.8. The molecule has 0 aromatic heterocycles. The van der Waals surface area contributed by atoms with Crippen molar-refractivity contribution in [2.45, 2.75) is 40.5 Å². The fraction of sp³-hybridized carbons (Fsp3) is 0.360. The predicted octanol–water partition coefficient (Wildman–Crippen LogP) is 3.50. The average molecular weight is 453 g/mol. The van der Waals surface area contributed by atoms with Crippen molar-refractivity contribution in [2.24, 2.45) is 0 Å². The zero-order valence-corrected chi connectivity index (χ0v) is 19.3. The molecular formula is C25H28N2O6. The molecule has 1 heterocycles. The van der Waals surface area contributed by atoms with Crippen LogP contribution in [0.3, 0.4) is 0 Å².